The third-order valence-corrected chi connectivity index (χ3v) is 3.15. The highest BCUT2D eigenvalue weighted by atomic mass is 32.2. The summed E-state index contributed by atoms with van der Waals surface area (Å²) in [6.45, 7) is 4.68. The Hall–Kier alpha value is -0.880. The Morgan fingerprint density at radius 1 is 1.50 bits per heavy atom. The predicted molar refractivity (Wildman–Crippen MR) is 51.6 cm³/mol. The number of rotatable bonds is 6. The monoisotopic (exact) mass is 222 g/mol. The molecule has 1 atom stereocenters. The van der Waals surface area contributed by atoms with E-state index >= 15 is 0 Å². The van der Waals surface area contributed by atoms with Crippen LogP contribution in [0.3, 0.4) is 0 Å². The minimum absolute atomic E-state index is 0.0486. The van der Waals surface area contributed by atoms with Gasteiger partial charge in [0.1, 0.15) is 0 Å². The van der Waals surface area contributed by atoms with Crippen LogP contribution < -0.4 is 0 Å². The fraction of sp³-hybridized carbons (Fsp3) is 0.625. The maximum absolute atomic E-state index is 10.6. The van der Waals surface area contributed by atoms with E-state index in [1.807, 2.05) is 0 Å². The van der Waals surface area contributed by atoms with Crippen LogP contribution in [0, 0.1) is 0 Å². The molecular weight excluding hydrogens is 208 g/mol. The van der Waals surface area contributed by atoms with Gasteiger partial charge in [0.2, 0.25) is 0 Å². The second kappa shape index (κ2) is 5.11. The molecule has 0 heterocycles. The zero-order valence-corrected chi connectivity index (χ0v) is 8.75. The van der Waals surface area contributed by atoms with E-state index in [9.17, 15) is 13.2 Å². The molecule has 14 heavy (non-hydrogen) atoms. The first kappa shape index (κ1) is 13.1. The van der Waals surface area contributed by atoms with Gasteiger partial charge in [0.25, 0.3) is 10.1 Å². The third-order valence-electron chi connectivity index (χ3n) is 1.90. The Bertz CT molecular complexity index is 317. The molecule has 6 heteroatoms. The van der Waals surface area contributed by atoms with E-state index in [-0.39, 0.29) is 18.4 Å². The molecule has 0 rings (SSSR count). The van der Waals surface area contributed by atoms with Crippen molar-refractivity contribution in [2.75, 3.05) is 0 Å². The van der Waals surface area contributed by atoms with Crippen LogP contribution in [0.15, 0.2) is 12.2 Å². The van der Waals surface area contributed by atoms with Crippen molar-refractivity contribution in [2.24, 2.45) is 0 Å². The highest BCUT2D eigenvalue weighted by Gasteiger charge is 2.16. The zero-order chi connectivity index (χ0) is 11.4. The average Bonchev–Trinajstić information content (AvgIpc) is 2.01. The van der Waals surface area contributed by atoms with Gasteiger partial charge in [-0.05, 0) is 26.2 Å². The van der Waals surface area contributed by atoms with E-state index in [1.165, 1.54) is 6.92 Å². The fourth-order valence-corrected chi connectivity index (χ4v) is 1.32. The molecule has 1 unspecified atom stereocenters. The highest BCUT2D eigenvalue weighted by molar-refractivity contribution is 7.86. The molecule has 0 spiro atoms. The highest BCUT2D eigenvalue weighted by Crippen LogP contribution is 2.11. The molecule has 0 aliphatic rings. The molecule has 5 nitrogen and oxygen atoms in total. The number of carboxylic acids is 1. The Morgan fingerprint density at radius 3 is 2.36 bits per heavy atom. The second-order valence-electron chi connectivity index (χ2n) is 3.13. The quantitative estimate of drug-likeness (QED) is 0.518. The van der Waals surface area contributed by atoms with Gasteiger partial charge in [-0.2, -0.15) is 8.42 Å². The Labute approximate surface area is 83.2 Å². The summed E-state index contributed by atoms with van der Waals surface area (Å²) >= 11 is 0. The van der Waals surface area contributed by atoms with Gasteiger partial charge in [0.05, 0.1) is 5.25 Å². The molecule has 0 amide bonds. The molecule has 82 valence electrons. The van der Waals surface area contributed by atoms with Crippen LogP contribution in [0.2, 0.25) is 0 Å². The van der Waals surface area contributed by atoms with Gasteiger partial charge in [-0.3, -0.25) is 4.55 Å². The number of carbonyl (C=O) groups is 1. The largest absolute Gasteiger partial charge is 0.478 e. The fourth-order valence-electron chi connectivity index (χ4n) is 0.859. The smallest absolute Gasteiger partial charge is 0.330 e. The Balaban J connectivity index is 3.87. The molecule has 0 saturated heterocycles. The molecule has 0 aromatic carbocycles. The zero-order valence-electron chi connectivity index (χ0n) is 7.93. The normalized spacial score (nSPS) is 13.6. The van der Waals surface area contributed by atoms with E-state index in [0.717, 1.165) is 0 Å². The summed E-state index contributed by atoms with van der Waals surface area (Å²) in [5.41, 5.74) is 0.0486. The van der Waals surface area contributed by atoms with Crippen LogP contribution in [-0.4, -0.2) is 29.3 Å². The van der Waals surface area contributed by atoms with E-state index in [1.54, 1.807) is 0 Å². The van der Waals surface area contributed by atoms with Gasteiger partial charge in [-0.1, -0.05) is 6.58 Å². The summed E-state index contributed by atoms with van der Waals surface area (Å²) in [6, 6.07) is 0. The summed E-state index contributed by atoms with van der Waals surface area (Å²) in [7, 11) is -4.00. The molecule has 0 aromatic rings. The summed E-state index contributed by atoms with van der Waals surface area (Å²) in [5.74, 6) is -1.08. The van der Waals surface area contributed by atoms with E-state index < -0.39 is 21.3 Å². The SMILES string of the molecule is C=C(CCCC(C)S(=O)(=O)O)C(=O)O. The summed E-state index contributed by atoms with van der Waals surface area (Å²) in [4.78, 5) is 10.3. The van der Waals surface area contributed by atoms with Crippen LogP contribution in [0.5, 0.6) is 0 Å². The van der Waals surface area contributed by atoms with Crippen molar-refractivity contribution in [2.45, 2.75) is 31.4 Å². The van der Waals surface area contributed by atoms with Gasteiger partial charge in [0.15, 0.2) is 0 Å². The van der Waals surface area contributed by atoms with Crippen molar-refractivity contribution >= 4 is 16.1 Å². The molecule has 2 N–H and O–H groups in total. The maximum atomic E-state index is 10.6. The van der Waals surface area contributed by atoms with Crippen LogP contribution in [-0.2, 0) is 14.9 Å². The minimum atomic E-state index is -4.00. The standard InChI is InChI=1S/C8H14O5S/c1-6(8(9)10)4-3-5-7(2)14(11,12)13/h7H,1,3-5H2,2H3,(H,9,10)(H,11,12,13). The third kappa shape index (κ3) is 4.98. The van der Waals surface area contributed by atoms with E-state index in [0.29, 0.717) is 6.42 Å². The molecule has 0 aliphatic carbocycles. The van der Waals surface area contributed by atoms with Crippen molar-refractivity contribution < 1.29 is 22.9 Å². The first-order valence-electron chi connectivity index (χ1n) is 4.12. The molecule has 0 aromatic heterocycles. The lowest BCUT2D eigenvalue weighted by Gasteiger charge is -2.06. The van der Waals surface area contributed by atoms with Crippen molar-refractivity contribution in [1.29, 1.82) is 0 Å². The molecular formula is C8H14O5S. The molecule has 0 bridgehead atoms. The first-order valence-corrected chi connectivity index (χ1v) is 5.63. The summed E-state index contributed by atoms with van der Waals surface area (Å²) in [5, 5.41) is 7.58. The lowest BCUT2D eigenvalue weighted by atomic mass is 10.1. The maximum Gasteiger partial charge on any atom is 0.330 e. The molecule has 0 aliphatic heterocycles. The van der Waals surface area contributed by atoms with Gasteiger partial charge < -0.3 is 5.11 Å². The predicted octanol–water partition coefficient (Wildman–Crippen LogP) is 1.07. The first-order chi connectivity index (χ1) is 6.25. The number of aliphatic carboxylic acids is 1. The lowest BCUT2D eigenvalue weighted by molar-refractivity contribution is -0.132. The van der Waals surface area contributed by atoms with E-state index in [4.69, 9.17) is 9.66 Å². The molecule has 0 radical (unpaired) electrons. The second-order valence-corrected chi connectivity index (χ2v) is 4.96. The minimum Gasteiger partial charge on any atom is -0.478 e. The van der Waals surface area contributed by atoms with Crippen molar-refractivity contribution in [3.63, 3.8) is 0 Å². The topological polar surface area (TPSA) is 91.7 Å². The summed E-state index contributed by atoms with van der Waals surface area (Å²) < 4.78 is 29.7. The Kier molecular flexibility index (Phi) is 4.79. The van der Waals surface area contributed by atoms with Crippen LogP contribution in [0.4, 0.5) is 0 Å². The van der Waals surface area contributed by atoms with Crippen molar-refractivity contribution in [1.82, 2.24) is 0 Å². The van der Waals surface area contributed by atoms with Gasteiger partial charge in [-0.15, -0.1) is 0 Å². The van der Waals surface area contributed by atoms with E-state index in [2.05, 4.69) is 6.58 Å². The van der Waals surface area contributed by atoms with Gasteiger partial charge in [0, 0.05) is 5.57 Å². The van der Waals surface area contributed by atoms with Gasteiger partial charge in [-0.25, -0.2) is 4.79 Å². The average molecular weight is 222 g/mol. The number of hydrogen-bond acceptors (Lipinski definition) is 3. The van der Waals surface area contributed by atoms with Crippen LogP contribution in [0.1, 0.15) is 26.2 Å². The Morgan fingerprint density at radius 2 is 2.00 bits per heavy atom. The van der Waals surface area contributed by atoms with Crippen LogP contribution >= 0.6 is 0 Å². The van der Waals surface area contributed by atoms with Crippen LogP contribution in [0.25, 0.3) is 0 Å². The lowest BCUT2D eigenvalue weighted by Crippen LogP contribution is -2.16. The van der Waals surface area contributed by atoms with Gasteiger partial charge >= 0.3 is 5.97 Å². The number of hydrogen-bond donors (Lipinski definition) is 2. The van der Waals surface area contributed by atoms with Crippen molar-refractivity contribution in [3.8, 4) is 0 Å². The molecule has 0 fully saturated rings. The molecule has 0 saturated carbocycles. The summed E-state index contributed by atoms with van der Waals surface area (Å²) in [6.07, 6.45) is 0.840. The number of carboxylic acid groups (broad SMARTS) is 1. The van der Waals surface area contributed by atoms with Crippen molar-refractivity contribution in [3.05, 3.63) is 12.2 Å².